The van der Waals surface area contributed by atoms with E-state index in [4.69, 9.17) is 49.3 Å². The molecule has 0 aliphatic rings. The van der Waals surface area contributed by atoms with Crippen LogP contribution in [0.4, 0.5) is 54.3 Å². The fourth-order valence-corrected chi connectivity index (χ4v) is 13.0. The maximum Gasteiger partial charge on any atom is 0.411 e. The Balaban J connectivity index is 0.000000171. The number of benzene rings is 8. The van der Waals surface area contributed by atoms with Gasteiger partial charge in [0.25, 0.3) is 11.8 Å². The van der Waals surface area contributed by atoms with Gasteiger partial charge in [-0.1, -0.05) is 170 Å². The molecule has 496 valence electrons. The standard InChI is InChI=1S/C26H21BrClN3O3S.C24H17BrClN3O3S.C22H24ClN3O2S/c1-3-34-25(33)22-23(16-8-10-19(28)11-9-16)35-26(31-22)30-21-14-20(12-7-15(21)2)29-24(32)17-5-4-6-18(27)13-17;1-13-5-10-18(27-22(30)15-3-2-4-16(25)11-15)12-19(13)28-24-29-20(23(31)32)21(33-24)14-6-8-17(26)9-7-14;1-13(2)12-28-22(27)24-18-10-5-14(3)19(11-18)25-21-26-20(15(4)29-21)16-6-8-17(23)9-7-16/h4-14H,3H2,1-2H3,(H,29,32)(H,30,31);2-12H,1H3,(H,27,30)(H,28,29)(H,31,32);5-11,13H,12H2,1-4H3,(H,24,27)(H,25,26). The van der Waals surface area contributed by atoms with Crippen molar-refractivity contribution in [3.8, 4) is 32.1 Å². The number of amides is 3. The third-order valence-electron chi connectivity index (χ3n) is 14.0. The second-order valence-corrected chi connectivity index (χ2v) is 28.2. The summed E-state index contributed by atoms with van der Waals surface area (Å²) in [5.41, 5.74) is 11.9. The fourth-order valence-electron chi connectivity index (χ4n) is 9.06. The number of rotatable bonds is 19. The first-order valence-electron chi connectivity index (χ1n) is 29.8. The summed E-state index contributed by atoms with van der Waals surface area (Å²) in [6.45, 7) is 14.3. The topological polar surface area (TPSA) is 235 Å². The SMILES string of the molecule is CCOC(=O)c1nc(Nc2cc(NC(=O)c3cccc(Br)c3)ccc2C)sc1-c1ccc(Cl)cc1.Cc1ccc(NC(=O)OCC(C)C)cc1Nc1nc(-c2ccc(Cl)cc2)c(C)s1.Cc1ccc(NC(=O)c2cccc(Br)c2)cc1Nc1nc(C(=O)O)c(-c2ccc(Cl)cc2)s1. The zero-order valence-corrected chi connectivity index (χ0v) is 60.9. The number of esters is 1. The Morgan fingerprint density at radius 3 is 1.31 bits per heavy atom. The summed E-state index contributed by atoms with van der Waals surface area (Å²) in [6, 6.07) is 52.8. The summed E-state index contributed by atoms with van der Waals surface area (Å²) < 4.78 is 12.0. The third kappa shape index (κ3) is 20.3. The largest absolute Gasteiger partial charge is 0.476 e. The lowest BCUT2D eigenvalue weighted by molar-refractivity contribution is 0.0520. The molecule has 0 saturated carbocycles. The Kier molecular flexibility index (Phi) is 25.2. The predicted octanol–water partition coefficient (Wildman–Crippen LogP) is 22.0. The number of hydrogen-bond donors (Lipinski definition) is 7. The molecule has 0 aliphatic carbocycles. The maximum atomic E-state index is 12.7. The normalized spacial score (nSPS) is 10.7. The third-order valence-corrected chi connectivity index (χ3v) is 18.6. The number of ether oxygens (including phenoxy) is 2. The number of carbonyl (C=O) groups excluding carboxylic acids is 4. The van der Waals surface area contributed by atoms with Crippen LogP contribution in [-0.4, -0.2) is 63.1 Å². The molecule has 0 atom stereocenters. The Morgan fingerprint density at radius 1 is 0.495 bits per heavy atom. The van der Waals surface area contributed by atoms with Crippen molar-refractivity contribution in [2.75, 3.05) is 45.1 Å². The molecule has 25 heteroatoms. The number of hydrogen-bond acceptors (Lipinski definition) is 16. The summed E-state index contributed by atoms with van der Waals surface area (Å²) in [5, 5.41) is 31.6. The highest BCUT2D eigenvalue weighted by Gasteiger charge is 2.23. The number of carbonyl (C=O) groups is 5. The lowest BCUT2D eigenvalue weighted by Gasteiger charge is -2.12. The van der Waals surface area contributed by atoms with E-state index in [0.29, 0.717) is 87.0 Å². The lowest BCUT2D eigenvalue weighted by Crippen LogP contribution is -2.16. The van der Waals surface area contributed by atoms with E-state index in [0.717, 1.165) is 63.8 Å². The van der Waals surface area contributed by atoms with Crippen LogP contribution in [0.3, 0.4) is 0 Å². The van der Waals surface area contributed by atoms with Gasteiger partial charge in [0.2, 0.25) is 0 Å². The molecule has 0 bridgehead atoms. The van der Waals surface area contributed by atoms with Gasteiger partial charge in [-0.2, -0.15) is 0 Å². The van der Waals surface area contributed by atoms with Crippen molar-refractivity contribution in [1.29, 1.82) is 0 Å². The van der Waals surface area contributed by atoms with E-state index < -0.39 is 18.0 Å². The van der Waals surface area contributed by atoms with Crippen molar-refractivity contribution in [2.24, 2.45) is 5.92 Å². The molecule has 3 heterocycles. The number of nitrogens with zero attached hydrogens (tertiary/aromatic N) is 3. The number of halogens is 5. The zero-order chi connectivity index (χ0) is 69.4. The molecule has 17 nitrogen and oxygen atoms in total. The molecule has 0 fully saturated rings. The van der Waals surface area contributed by atoms with Gasteiger partial charge in [0.15, 0.2) is 26.8 Å². The molecular weight excluding hydrogens is 1480 g/mol. The average molecular weight is 1540 g/mol. The van der Waals surface area contributed by atoms with Crippen molar-refractivity contribution in [3.63, 3.8) is 0 Å². The lowest BCUT2D eigenvalue weighted by atomic mass is 10.1. The first-order valence-corrected chi connectivity index (χ1v) is 35.0. The molecule has 0 spiro atoms. The maximum absolute atomic E-state index is 12.7. The van der Waals surface area contributed by atoms with Gasteiger partial charge >= 0.3 is 18.0 Å². The van der Waals surface area contributed by atoms with E-state index in [1.807, 2.05) is 139 Å². The predicted molar refractivity (Wildman–Crippen MR) is 403 cm³/mol. The average Bonchev–Trinajstić information content (AvgIpc) is 1.76. The van der Waals surface area contributed by atoms with Gasteiger partial charge in [0, 0.05) is 79.7 Å². The molecule has 3 aromatic heterocycles. The summed E-state index contributed by atoms with van der Waals surface area (Å²) in [7, 11) is 0. The van der Waals surface area contributed by atoms with E-state index in [2.05, 4.69) is 73.7 Å². The zero-order valence-electron chi connectivity index (χ0n) is 53.0. The van der Waals surface area contributed by atoms with Gasteiger partial charge in [-0.3, -0.25) is 14.9 Å². The molecule has 8 aromatic carbocycles. The molecule has 3 amide bonds. The van der Waals surface area contributed by atoms with Crippen molar-refractivity contribution < 1.29 is 38.6 Å². The minimum atomic E-state index is -1.11. The Hall–Kier alpha value is -8.97. The first-order chi connectivity index (χ1) is 46.4. The molecular formula is C72H62Br2Cl3N9O8S3. The minimum Gasteiger partial charge on any atom is -0.476 e. The molecule has 7 N–H and O–H groups in total. The van der Waals surface area contributed by atoms with Gasteiger partial charge < -0.3 is 41.2 Å². The molecule has 0 saturated heterocycles. The molecule has 97 heavy (non-hydrogen) atoms. The van der Waals surface area contributed by atoms with Crippen LogP contribution < -0.4 is 31.9 Å². The Morgan fingerprint density at radius 2 is 0.897 bits per heavy atom. The van der Waals surface area contributed by atoms with Crippen LogP contribution in [0.25, 0.3) is 32.1 Å². The van der Waals surface area contributed by atoms with E-state index in [1.54, 1.807) is 97.1 Å². The number of carboxylic acids is 1. The summed E-state index contributed by atoms with van der Waals surface area (Å²) in [6.07, 6.45) is -0.455. The second-order valence-electron chi connectivity index (χ2n) is 21.9. The minimum absolute atomic E-state index is 0.0402. The summed E-state index contributed by atoms with van der Waals surface area (Å²) >= 11 is 28.9. The fraction of sp³-hybridized carbons (Fsp3) is 0.139. The molecule has 0 aliphatic heterocycles. The highest BCUT2D eigenvalue weighted by molar-refractivity contribution is 9.10. The first kappa shape index (κ1) is 72.3. The smallest absolute Gasteiger partial charge is 0.411 e. The van der Waals surface area contributed by atoms with Gasteiger partial charge in [-0.15, -0.1) is 11.3 Å². The van der Waals surface area contributed by atoms with Crippen molar-refractivity contribution in [3.05, 3.63) is 244 Å². The van der Waals surface area contributed by atoms with Crippen LogP contribution >= 0.6 is 101 Å². The number of aryl methyl sites for hydroxylation is 4. The van der Waals surface area contributed by atoms with Crippen LogP contribution in [-0.2, 0) is 9.47 Å². The van der Waals surface area contributed by atoms with Gasteiger partial charge in [-0.05, 0) is 178 Å². The van der Waals surface area contributed by atoms with Crippen LogP contribution in [0.15, 0.2) is 185 Å². The van der Waals surface area contributed by atoms with Crippen LogP contribution in [0.1, 0.15) is 84.0 Å². The van der Waals surface area contributed by atoms with Gasteiger partial charge in [-0.25, -0.2) is 29.3 Å². The van der Waals surface area contributed by atoms with E-state index in [-0.39, 0.29) is 29.8 Å². The van der Waals surface area contributed by atoms with Crippen molar-refractivity contribution >= 4 is 180 Å². The van der Waals surface area contributed by atoms with Crippen molar-refractivity contribution in [2.45, 2.75) is 48.5 Å². The highest BCUT2D eigenvalue weighted by atomic mass is 79.9. The summed E-state index contributed by atoms with van der Waals surface area (Å²) in [4.78, 5) is 77.4. The highest BCUT2D eigenvalue weighted by Crippen LogP contribution is 2.39. The van der Waals surface area contributed by atoms with Crippen LogP contribution in [0, 0.1) is 33.6 Å². The van der Waals surface area contributed by atoms with Crippen molar-refractivity contribution in [1.82, 2.24) is 15.0 Å². The number of nitrogens with one attached hydrogen (secondary N) is 6. The number of anilines is 9. The molecule has 0 radical (unpaired) electrons. The Bertz CT molecular complexity index is 4670. The van der Waals surface area contributed by atoms with E-state index in [9.17, 15) is 29.1 Å². The number of aromatic carboxylic acids is 1. The second kappa shape index (κ2) is 33.8. The molecule has 11 aromatic rings. The Labute approximate surface area is 604 Å². The van der Waals surface area contributed by atoms with Gasteiger partial charge in [0.1, 0.15) is 0 Å². The van der Waals surface area contributed by atoms with Crippen LogP contribution in [0.2, 0.25) is 15.1 Å². The molecule has 0 unspecified atom stereocenters. The number of carboxylic acid groups (broad SMARTS) is 1. The monoisotopic (exact) mass is 1540 g/mol. The van der Waals surface area contributed by atoms with E-state index >= 15 is 0 Å². The van der Waals surface area contributed by atoms with Crippen LogP contribution in [0.5, 0.6) is 0 Å². The van der Waals surface area contributed by atoms with Gasteiger partial charge in [0.05, 0.1) is 28.7 Å². The number of aromatic nitrogens is 3. The quantitative estimate of drug-likeness (QED) is 0.0373. The summed E-state index contributed by atoms with van der Waals surface area (Å²) in [5.74, 6) is -1.77. The van der Waals surface area contributed by atoms with E-state index in [1.165, 1.54) is 22.7 Å². The number of thiazole rings is 3. The molecule has 11 rings (SSSR count).